The van der Waals surface area contributed by atoms with E-state index in [-0.39, 0.29) is 0 Å². The fourth-order valence-electron chi connectivity index (χ4n) is 1.95. The van der Waals surface area contributed by atoms with E-state index < -0.39 is 0 Å². The largest absolute Gasteiger partial charge is 0.122 e. The van der Waals surface area contributed by atoms with E-state index in [1.807, 2.05) is 12.2 Å². The van der Waals surface area contributed by atoms with Gasteiger partial charge in [0.15, 0.2) is 0 Å². The molecular weight excluding hydrogens is 204 g/mol. The van der Waals surface area contributed by atoms with Gasteiger partial charge in [0.1, 0.15) is 0 Å². The van der Waals surface area contributed by atoms with Crippen molar-refractivity contribution in [2.45, 2.75) is 48.0 Å². The van der Waals surface area contributed by atoms with E-state index in [1.54, 1.807) is 0 Å². The molecule has 1 atom stereocenters. The van der Waals surface area contributed by atoms with Crippen molar-refractivity contribution >= 4 is 0 Å². The fourth-order valence-corrected chi connectivity index (χ4v) is 1.95. The molecule has 17 heavy (non-hydrogen) atoms. The van der Waals surface area contributed by atoms with Gasteiger partial charge in [0.25, 0.3) is 0 Å². The summed E-state index contributed by atoms with van der Waals surface area (Å²) in [6, 6.07) is 0. The summed E-state index contributed by atoms with van der Waals surface area (Å²) < 4.78 is 0. The molecule has 0 aliphatic rings. The van der Waals surface area contributed by atoms with Gasteiger partial charge in [-0.05, 0) is 55.2 Å². The van der Waals surface area contributed by atoms with E-state index in [2.05, 4.69) is 59.9 Å². The summed E-state index contributed by atoms with van der Waals surface area (Å²) in [6.45, 7) is 17.2. The highest BCUT2D eigenvalue weighted by Crippen LogP contribution is 2.28. The van der Waals surface area contributed by atoms with Crippen molar-refractivity contribution in [1.82, 2.24) is 0 Å². The van der Waals surface area contributed by atoms with Crippen LogP contribution < -0.4 is 0 Å². The van der Waals surface area contributed by atoms with E-state index in [0.29, 0.717) is 11.8 Å². The zero-order valence-corrected chi connectivity index (χ0v) is 12.4. The maximum absolute atomic E-state index is 3.95. The van der Waals surface area contributed by atoms with Crippen molar-refractivity contribution in [3.8, 4) is 0 Å². The summed E-state index contributed by atoms with van der Waals surface area (Å²) in [5.74, 6) is 1.97. The lowest BCUT2D eigenvalue weighted by Gasteiger charge is -2.24. The molecular formula is C17H28. The molecule has 0 heterocycles. The van der Waals surface area contributed by atoms with Crippen LogP contribution >= 0.6 is 0 Å². The molecule has 0 aromatic carbocycles. The lowest BCUT2D eigenvalue weighted by Crippen LogP contribution is -2.13. The first-order chi connectivity index (χ1) is 7.88. The lowest BCUT2D eigenvalue weighted by atomic mass is 9.81. The van der Waals surface area contributed by atoms with Crippen LogP contribution in [0.3, 0.4) is 0 Å². The summed E-state index contributed by atoms with van der Waals surface area (Å²) >= 11 is 0. The molecule has 0 saturated carbocycles. The Labute approximate surface area is 108 Å². The van der Waals surface area contributed by atoms with Crippen LogP contribution in [0.2, 0.25) is 0 Å². The molecule has 0 aliphatic carbocycles. The van der Waals surface area contributed by atoms with Gasteiger partial charge in [0, 0.05) is 0 Å². The molecule has 0 bridgehead atoms. The Morgan fingerprint density at radius 2 is 1.76 bits per heavy atom. The van der Waals surface area contributed by atoms with E-state index in [4.69, 9.17) is 0 Å². The Morgan fingerprint density at radius 1 is 1.18 bits per heavy atom. The molecule has 0 saturated heterocycles. The normalized spacial score (nSPS) is 13.5. The van der Waals surface area contributed by atoms with Gasteiger partial charge in [-0.25, -0.2) is 0 Å². The predicted octanol–water partition coefficient (Wildman–Crippen LogP) is 5.54. The third-order valence-corrected chi connectivity index (χ3v) is 2.84. The maximum Gasteiger partial charge on any atom is -0.0136 e. The standard InChI is InChI=1S/C17H28/c1-8-16(11-9-10-13(2)3)17(15(6)7)12-14(4)5/h8-9,11,14-15,17H,1,12H2,2-7H3/b16-11+. The van der Waals surface area contributed by atoms with Crippen molar-refractivity contribution in [2.75, 3.05) is 0 Å². The van der Waals surface area contributed by atoms with Crippen LogP contribution in [-0.2, 0) is 0 Å². The van der Waals surface area contributed by atoms with Crippen LogP contribution in [0.4, 0.5) is 0 Å². The Bertz CT molecular complexity index is 316. The average molecular weight is 232 g/mol. The van der Waals surface area contributed by atoms with Gasteiger partial charge in [-0.1, -0.05) is 46.4 Å². The van der Waals surface area contributed by atoms with Crippen LogP contribution in [0.25, 0.3) is 0 Å². The molecule has 0 aliphatic heterocycles. The van der Waals surface area contributed by atoms with Crippen molar-refractivity contribution in [1.29, 1.82) is 0 Å². The maximum atomic E-state index is 3.95. The van der Waals surface area contributed by atoms with Gasteiger partial charge in [-0.3, -0.25) is 0 Å². The first kappa shape index (κ1) is 16.0. The highest BCUT2D eigenvalue weighted by atomic mass is 14.2. The van der Waals surface area contributed by atoms with Gasteiger partial charge in [0.2, 0.25) is 0 Å². The van der Waals surface area contributed by atoms with Crippen molar-refractivity contribution in [3.05, 3.63) is 41.7 Å². The topological polar surface area (TPSA) is 0 Å². The van der Waals surface area contributed by atoms with Gasteiger partial charge in [-0.15, -0.1) is 5.73 Å². The van der Waals surface area contributed by atoms with Gasteiger partial charge >= 0.3 is 0 Å². The summed E-state index contributed by atoms with van der Waals surface area (Å²) in [4.78, 5) is 0. The zero-order valence-electron chi connectivity index (χ0n) is 12.4. The molecule has 0 nitrogen and oxygen atoms in total. The third-order valence-electron chi connectivity index (χ3n) is 2.84. The lowest BCUT2D eigenvalue weighted by molar-refractivity contribution is 0.369. The average Bonchev–Trinajstić information content (AvgIpc) is 2.20. The summed E-state index contributed by atoms with van der Waals surface area (Å²) in [5.41, 5.74) is 5.76. The molecule has 0 spiro atoms. The molecule has 0 amide bonds. The molecule has 0 radical (unpaired) electrons. The summed E-state index contributed by atoms with van der Waals surface area (Å²) in [5, 5.41) is 0. The van der Waals surface area contributed by atoms with Crippen LogP contribution in [0.15, 0.2) is 41.7 Å². The number of rotatable bonds is 6. The van der Waals surface area contributed by atoms with Crippen LogP contribution in [0, 0.1) is 17.8 Å². The Morgan fingerprint density at radius 3 is 2.12 bits per heavy atom. The molecule has 0 aromatic heterocycles. The minimum Gasteiger partial charge on any atom is -0.122 e. The van der Waals surface area contributed by atoms with E-state index in [9.17, 15) is 0 Å². The molecule has 96 valence electrons. The van der Waals surface area contributed by atoms with Crippen molar-refractivity contribution < 1.29 is 0 Å². The number of hydrogen-bond donors (Lipinski definition) is 0. The predicted molar refractivity (Wildman–Crippen MR) is 79.0 cm³/mol. The second kappa shape index (κ2) is 8.14. The fraction of sp³-hybridized carbons (Fsp3) is 0.588. The Balaban J connectivity index is 5.03. The van der Waals surface area contributed by atoms with Gasteiger partial charge in [0.05, 0.1) is 0 Å². The quantitative estimate of drug-likeness (QED) is 0.417. The van der Waals surface area contributed by atoms with Crippen LogP contribution in [0.1, 0.15) is 48.0 Å². The van der Waals surface area contributed by atoms with Crippen LogP contribution in [0.5, 0.6) is 0 Å². The monoisotopic (exact) mass is 232 g/mol. The van der Waals surface area contributed by atoms with E-state index in [0.717, 1.165) is 5.92 Å². The van der Waals surface area contributed by atoms with Crippen molar-refractivity contribution in [2.24, 2.45) is 17.8 Å². The zero-order chi connectivity index (χ0) is 13.4. The number of hydrogen-bond acceptors (Lipinski definition) is 0. The van der Waals surface area contributed by atoms with E-state index in [1.165, 1.54) is 17.6 Å². The molecule has 1 unspecified atom stereocenters. The van der Waals surface area contributed by atoms with Crippen molar-refractivity contribution in [3.63, 3.8) is 0 Å². The summed E-state index contributed by atoms with van der Waals surface area (Å²) in [7, 11) is 0. The third kappa shape index (κ3) is 7.02. The van der Waals surface area contributed by atoms with Crippen LogP contribution in [-0.4, -0.2) is 0 Å². The molecule has 0 rings (SSSR count). The minimum atomic E-state index is 0.600. The summed E-state index contributed by atoms with van der Waals surface area (Å²) in [6.07, 6.45) is 7.39. The first-order valence-corrected chi connectivity index (χ1v) is 6.61. The minimum absolute atomic E-state index is 0.600. The van der Waals surface area contributed by atoms with E-state index >= 15 is 0 Å². The van der Waals surface area contributed by atoms with Gasteiger partial charge in [-0.2, -0.15) is 0 Å². The highest BCUT2D eigenvalue weighted by molar-refractivity contribution is 5.25. The second-order valence-electron chi connectivity index (χ2n) is 5.66. The molecule has 0 aromatic rings. The van der Waals surface area contributed by atoms with Gasteiger partial charge < -0.3 is 0 Å². The SMILES string of the molecule is C=C/C(=C\C=C=C(C)C)C(CC(C)C)C(C)C. The number of allylic oxidation sites excluding steroid dienone is 4. The Hall–Kier alpha value is -1.00. The smallest absolute Gasteiger partial charge is 0.0136 e. The molecule has 0 fully saturated rings. The first-order valence-electron chi connectivity index (χ1n) is 6.61. The Kier molecular flexibility index (Phi) is 7.66. The second-order valence-corrected chi connectivity index (χ2v) is 5.66. The highest BCUT2D eigenvalue weighted by Gasteiger charge is 2.17. The molecule has 0 N–H and O–H groups in total. The molecule has 0 heteroatoms.